The third-order valence-electron chi connectivity index (χ3n) is 5.84. The summed E-state index contributed by atoms with van der Waals surface area (Å²) in [6.45, 7) is 4.84. The summed E-state index contributed by atoms with van der Waals surface area (Å²) in [4.78, 5) is 41.8. The number of aromatic nitrogens is 4. The zero-order chi connectivity index (χ0) is 27.2. The maximum Gasteiger partial charge on any atom is 0.276 e. The largest absolute Gasteiger partial charge is 0.494 e. The molecule has 3 amide bonds. The number of nitrogens with two attached hydrogens (primary N) is 1. The molecule has 0 aliphatic carbocycles. The normalized spacial score (nSPS) is 11.1. The van der Waals surface area contributed by atoms with Crippen molar-refractivity contribution in [2.45, 2.75) is 26.9 Å². The maximum atomic E-state index is 13.2. The summed E-state index contributed by atoms with van der Waals surface area (Å²) in [7, 11) is 1.48. The predicted octanol–water partition coefficient (Wildman–Crippen LogP) is 2.91. The van der Waals surface area contributed by atoms with Crippen LogP contribution in [0.25, 0.3) is 11.0 Å². The molecule has 11 nitrogen and oxygen atoms in total. The molecule has 0 unspecified atom stereocenters. The number of anilines is 1. The van der Waals surface area contributed by atoms with Gasteiger partial charge < -0.3 is 20.4 Å². The second-order valence-electron chi connectivity index (χ2n) is 8.44. The number of nitrogens with zero attached hydrogens (tertiary/aromatic N) is 4. The number of amides is 3. The van der Waals surface area contributed by atoms with Gasteiger partial charge in [0, 0.05) is 30.8 Å². The number of rotatable bonds is 10. The quantitative estimate of drug-likeness (QED) is 0.277. The number of carbonyl (C=O) groups is 3. The zero-order valence-electron chi connectivity index (χ0n) is 21.4. The van der Waals surface area contributed by atoms with Crippen molar-refractivity contribution in [2.24, 2.45) is 5.73 Å². The SMILES string of the molecule is CCn1nc(C)cc1C(=O)Nc1nc2cc(C(N)=O)cc(OC)c2n1C/C=C/CNC(=O)c1ccccc1. The lowest BCUT2D eigenvalue weighted by Crippen LogP contribution is -2.23. The van der Waals surface area contributed by atoms with E-state index in [9.17, 15) is 14.4 Å². The van der Waals surface area contributed by atoms with Gasteiger partial charge in [-0.3, -0.25) is 24.4 Å². The van der Waals surface area contributed by atoms with Crippen LogP contribution in [0.1, 0.15) is 43.8 Å². The van der Waals surface area contributed by atoms with E-state index in [0.29, 0.717) is 47.7 Å². The van der Waals surface area contributed by atoms with Crippen molar-refractivity contribution in [2.75, 3.05) is 19.0 Å². The van der Waals surface area contributed by atoms with Gasteiger partial charge in [0.05, 0.1) is 18.3 Å². The van der Waals surface area contributed by atoms with Crippen LogP contribution in [0, 0.1) is 6.92 Å². The lowest BCUT2D eigenvalue weighted by atomic mass is 10.1. The first-order valence-electron chi connectivity index (χ1n) is 12.0. The molecule has 4 aromatic rings. The molecule has 0 saturated heterocycles. The monoisotopic (exact) mass is 515 g/mol. The van der Waals surface area contributed by atoms with Crippen LogP contribution in [-0.4, -0.2) is 50.7 Å². The molecule has 11 heteroatoms. The van der Waals surface area contributed by atoms with Crippen LogP contribution in [0.15, 0.2) is 60.7 Å². The van der Waals surface area contributed by atoms with E-state index in [1.165, 1.54) is 13.2 Å². The van der Waals surface area contributed by atoms with Gasteiger partial charge in [-0.15, -0.1) is 0 Å². The van der Waals surface area contributed by atoms with Gasteiger partial charge in [-0.05, 0) is 44.2 Å². The Labute approximate surface area is 219 Å². The van der Waals surface area contributed by atoms with E-state index in [0.717, 1.165) is 5.69 Å². The molecule has 0 spiro atoms. The van der Waals surface area contributed by atoms with Gasteiger partial charge in [-0.1, -0.05) is 30.4 Å². The highest BCUT2D eigenvalue weighted by atomic mass is 16.5. The minimum atomic E-state index is -0.623. The summed E-state index contributed by atoms with van der Waals surface area (Å²) in [6.07, 6.45) is 3.64. The van der Waals surface area contributed by atoms with Crippen LogP contribution >= 0.6 is 0 Å². The van der Waals surface area contributed by atoms with Crippen molar-refractivity contribution in [3.05, 3.63) is 83.2 Å². The van der Waals surface area contributed by atoms with Gasteiger partial charge in [0.25, 0.3) is 11.8 Å². The van der Waals surface area contributed by atoms with E-state index in [2.05, 4.69) is 20.7 Å². The molecule has 0 bridgehead atoms. The average Bonchev–Trinajstić information content (AvgIpc) is 3.47. The molecular formula is C27H29N7O4. The highest BCUT2D eigenvalue weighted by Crippen LogP contribution is 2.31. The molecule has 4 N–H and O–H groups in total. The van der Waals surface area contributed by atoms with Crippen molar-refractivity contribution in [3.63, 3.8) is 0 Å². The number of aryl methyl sites for hydroxylation is 2. The summed E-state index contributed by atoms with van der Waals surface area (Å²) < 4.78 is 8.90. The minimum Gasteiger partial charge on any atom is -0.494 e. The first kappa shape index (κ1) is 26.1. The number of imidazole rings is 1. The Kier molecular flexibility index (Phi) is 7.86. The van der Waals surface area contributed by atoms with Gasteiger partial charge in [-0.2, -0.15) is 5.10 Å². The number of benzene rings is 2. The van der Waals surface area contributed by atoms with Gasteiger partial charge >= 0.3 is 0 Å². The van der Waals surface area contributed by atoms with E-state index in [1.54, 1.807) is 51.7 Å². The molecule has 2 aromatic heterocycles. The second-order valence-corrected chi connectivity index (χ2v) is 8.44. The van der Waals surface area contributed by atoms with Gasteiger partial charge in [-0.25, -0.2) is 4.98 Å². The van der Waals surface area contributed by atoms with Crippen LogP contribution in [0.3, 0.4) is 0 Å². The minimum absolute atomic E-state index is 0.181. The number of ether oxygens (including phenoxy) is 1. The fraction of sp³-hybridized carbons (Fsp3) is 0.222. The average molecular weight is 516 g/mol. The Morgan fingerprint density at radius 3 is 2.50 bits per heavy atom. The van der Waals surface area contributed by atoms with E-state index in [4.69, 9.17) is 10.5 Å². The van der Waals surface area contributed by atoms with Crippen LogP contribution in [0.4, 0.5) is 5.95 Å². The maximum absolute atomic E-state index is 13.2. The molecule has 4 rings (SSSR count). The number of nitrogens with one attached hydrogen (secondary N) is 2. The second kappa shape index (κ2) is 11.4. The standard InChI is InChI=1S/C27H29N7O4/c1-4-34-21(14-17(2)32-34)26(37)31-27-30-20-15-19(24(28)35)16-22(38-3)23(20)33(27)13-9-8-12-29-25(36)18-10-6-5-7-11-18/h5-11,14-16H,4,12-13H2,1-3H3,(H2,28,35)(H,29,36)(H,30,31,37)/b9-8+. The number of fused-ring (bicyclic) bond motifs is 1. The van der Waals surface area contributed by atoms with Crippen LogP contribution in [0.2, 0.25) is 0 Å². The number of hydrogen-bond donors (Lipinski definition) is 3. The van der Waals surface area contributed by atoms with Crippen molar-refractivity contribution in [1.82, 2.24) is 24.6 Å². The number of primary amides is 1. The smallest absolute Gasteiger partial charge is 0.276 e. The summed E-state index contributed by atoms with van der Waals surface area (Å²) in [5.74, 6) is -0.549. The van der Waals surface area contributed by atoms with Crippen LogP contribution in [0.5, 0.6) is 5.75 Å². The Balaban J connectivity index is 1.63. The summed E-state index contributed by atoms with van der Waals surface area (Å²) in [5, 5.41) is 10.0. The number of carbonyl (C=O) groups excluding carboxylic acids is 3. The van der Waals surface area contributed by atoms with Crippen molar-refractivity contribution < 1.29 is 19.1 Å². The Bertz CT molecular complexity index is 1520. The van der Waals surface area contributed by atoms with Gasteiger partial charge in [0.1, 0.15) is 17.0 Å². The first-order valence-corrected chi connectivity index (χ1v) is 12.0. The van der Waals surface area contributed by atoms with Gasteiger partial charge in [0.2, 0.25) is 11.9 Å². The predicted molar refractivity (Wildman–Crippen MR) is 143 cm³/mol. The Morgan fingerprint density at radius 1 is 1.05 bits per heavy atom. The Hall–Kier alpha value is -4.93. The van der Waals surface area contributed by atoms with E-state index in [-0.39, 0.29) is 23.3 Å². The third-order valence-corrected chi connectivity index (χ3v) is 5.84. The molecule has 0 saturated carbocycles. The number of hydrogen-bond acceptors (Lipinski definition) is 6. The molecule has 2 heterocycles. The van der Waals surface area contributed by atoms with Crippen molar-refractivity contribution >= 4 is 34.7 Å². The lowest BCUT2D eigenvalue weighted by molar-refractivity contribution is 0.0955. The summed E-state index contributed by atoms with van der Waals surface area (Å²) >= 11 is 0. The van der Waals surface area contributed by atoms with Gasteiger partial charge in [0.15, 0.2) is 0 Å². The van der Waals surface area contributed by atoms with Crippen molar-refractivity contribution in [1.29, 1.82) is 0 Å². The molecule has 2 aromatic carbocycles. The first-order chi connectivity index (χ1) is 18.3. The molecular weight excluding hydrogens is 486 g/mol. The van der Waals surface area contributed by atoms with E-state index >= 15 is 0 Å². The topological polar surface area (TPSA) is 146 Å². The molecule has 196 valence electrons. The van der Waals surface area contributed by atoms with Crippen LogP contribution < -0.4 is 21.1 Å². The molecule has 0 aliphatic heterocycles. The third kappa shape index (κ3) is 5.56. The lowest BCUT2D eigenvalue weighted by Gasteiger charge is -2.11. The molecule has 0 aliphatic rings. The van der Waals surface area contributed by atoms with E-state index < -0.39 is 5.91 Å². The molecule has 38 heavy (non-hydrogen) atoms. The van der Waals surface area contributed by atoms with E-state index in [1.807, 2.05) is 26.0 Å². The fourth-order valence-corrected chi connectivity index (χ4v) is 4.04. The van der Waals surface area contributed by atoms with Crippen LogP contribution in [-0.2, 0) is 13.1 Å². The number of allylic oxidation sites excluding steroid dienone is 1. The zero-order valence-corrected chi connectivity index (χ0v) is 21.4. The Morgan fingerprint density at radius 2 is 1.82 bits per heavy atom. The van der Waals surface area contributed by atoms with Crippen molar-refractivity contribution in [3.8, 4) is 5.75 Å². The summed E-state index contributed by atoms with van der Waals surface area (Å²) in [6, 6.07) is 13.7. The highest BCUT2D eigenvalue weighted by Gasteiger charge is 2.21. The molecule has 0 atom stereocenters. The number of methoxy groups -OCH3 is 1. The molecule has 0 radical (unpaired) electrons. The highest BCUT2D eigenvalue weighted by molar-refractivity contribution is 6.04. The fourth-order valence-electron chi connectivity index (χ4n) is 4.04. The summed E-state index contributed by atoms with van der Waals surface area (Å²) in [5.41, 5.74) is 8.42. The molecule has 0 fully saturated rings.